The van der Waals surface area contributed by atoms with Gasteiger partial charge in [-0.3, -0.25) is 9.59 Å². The molecule has 0 aliphatic carbocycles. The van der Waals surface area contributed by atoms with E-state index in [9.17, 15) is 14.4 Å². The number of rotatable bonds is 8. The molecule has 0 fully saturated rings. The monoisotopic (exact) mass is 372 g/mol. The number of carbonyl (C=O) groups excluding carboxylic acids is 2. The topological polar surface area (TPSA) is 86.6 Å². The van der Waals surface area contributed by atoms with Crippen LogP contribution in [0.5, 0.6) is 5.75 Å². The zero-order chi connectivity index (χ0) is 19.8. The first-order chi connectivity index (χ1) is 12.9. The maximum Gasteiger partial charge on any atom is 0.329 e. The molecule has 0 saturated carbocycles. The van der Waals surface area contributed by atoms with Crippen LogP contribution in [0.2, 0.25) is 0 Å². The maximum atomic E-state index is 12.3. The fourth-order valence-electron chi connectivity index (χ4n) is 2.45. The summed E-state index contributed by atoms with van der Waals surface area (Å²) in [5.41, 5.74) is 1.20. The van der Waals surface area contributed by atoms with Gasteiger partial charge in [-0.2, -0.15) is 0 Å². The fraction of sp³-hybridized carbons (Fsp3) is 0.350. The molecular formula is C20H24N2O5. The average Bonchev–Trinajstić information content (AvgIpc) is 2.65. The molecule has 1 N–H and O–H groups in total. The highest BCUT2D eigenvalue weighted by atomic mass is 16.5. The SMILES string of the molecule is CCC(NC(C)=O)C(=O)OCc1cc(=O)c(OCc2ccccc2)cn1C. The summed E-state index contributed by atoms with van der Waals surface area (Å²) in [5, 5.41) is 2.53. The second-order valence-electron chi connectivity index (χ2n) is 6.15. The van der Waals surface area contributed by atoms with E-state index in [1.165, 1.54) is 13.0 Å². The van der Waals surface area contributed by atoms with E-state index in [-0.39, 0.29) is 23.7 Å². The first kappa shape index (κ1) is 20.2. The number of aromatic nitrogens is 1. The van der Waals surface area contributed by atoms with Crippen LogP contribution in [0.4, 0.5) is 0 Å². The molecule has 0 bridgehead atoms. The third-order valence-electron chi connectivity index (χ3n) is 3.97. The van der Waals surface area contributed by atoms with Gasteiger partial charge in [0, 0.05) is 20.0 Å². The third kappa shape index (κ3) is 5.99. The molecule has 144 valence electrons. The first-order valence-electron chi connectivity index (χ1n) is 8.70. The van der Waals surface area contributed by atoms with Crippen LogP contribution in [0.3, 0.4) is 0 Å². The van der Waals surface area contributed by atoms with Gasteiger partial charge in [-0.05, 0) is 12.0 Å². The molecule has 0 aliphatic heterocycles. The molecule has 27 heavy (non-hydrogen) atoms. The Bertz CT molecular complexity index is 845. The number of pyridine rings is 1. The van der Waals surface area contributed by atoms with Crippen LogP contribution in [0.15, 0.2) is 47.4 Å². The molecule has 1 aromatic carbocycles. The van der Waals surface area contributed by atoms with E-state index in [0.29, 0.717) is 18.7 Å². The molecular weight excluding hydrogens is 348 g/mol. The molecule has 7 heteroatoms. The van der Waals surface area contributed by atoms with Crippen molar-refractivity contribution in [2.24, 2.45) is 7.05 Å². The lowest BCUT2D eigenvalue weighted by molar-refractivity contribution is -0.149. The summed E-state index contributed by atoms with van der Waals surface area (Å²) >= 11 is 0. The van der Waals surface area contributed by atoms with Crippen molar-refractivity contribution in [1.82, 2.24) is 9.88 Å². The quantitative estimate of drug-likeness (QED) is 0.716. The number of aryl methyl sites for hydroxylation is 1. The van der Waals surface area contributed by atoms with E-state index >= 15 is 0 Å². The van der Waals surface area contributed by atoms with Crippen molar-refractivity contribution in [1.29, 1.82) is 0 Å². The van der Waals surface area contributed by atoms with E-state index in [2.05, 4.69) is 5.32 Å². The Morgan fingerprint density at radius 1 is 1.19 bits per heavy atom. The number of ether oxygens (including phenoxy) is 2. The molecule has 1 heterocycles. The smallest absolute Gasteiger partial charge is 0.329 e. The highest BCUT2D eigenvalue weighted by molar-refractivity contribution is 5.83. The number of benzene rings is 1. The number of nitrogens with zero attached hydrogens (tertiary/aromatic N) is 1. The Balaban J connectivity index is 2.00. The predicted molar refractivity (Wildman–Crippen MR) is 100 cm³/mol. The van der Waals surface area contributed by atoms with Crippen molar-refractivity contribution in [2.45, 2.75) is 39.5 Å². The Morgan fingerprint density at radius 3 is 2.52 bits per heavy atom. The van der Waals surface area contributed by atoms with Crippen LogP contribution in [0.1, 0.15) is 31.5 Å². The molecule has 7 nitrogen and oxygen atoms in total. The van der Waals surface area contributed by atoms with Gasteiger partial charge in [-0.25, -0.2) is 4.79 Å². The molecule has 1 aromatic heterocycles. The Kier molecular flexibility index (Phi) is 7.16. The molecule has 1 atom stereocenters. The van der Waals surface area contributed by atoms with Crippen molar-refractivity contribution in [2.75, 3.05) is 0 Å². The van der Waals surface area contributed by atoms with Gasteiger partial charge < -0.3 is 19.4 Å². The molecule has 2 aromatic rings. The minimum absolute atomic E-state index is 0.0698. The summed E-state index contributed by atoms with van der Waals surface area (Å²) in [6, 6.07) is 10.2. The fourth-order valence-corrected chi connectivity index (χ4v) is 2.45. The molecule has 2 rings (SSSR count). The summed E-state index contributed by atoms with van der Waals surface area (Å²) in [4.78, 5) is 35.4. The number of esters is 1. The molecule has 0 aliphatic rings. The van der Waals surface area contributed by atoms with Gasteiger partial charge in [0.2, 0.25) is 11.3 Å². The summed E-state index contributed by atoms with van der Waals surface area (Å²) < 4.78 is 12.5. The van der Waals surface area contributed by atoms with Gasteiger partial charge in [-0.15, -0.1) is 0 Å². The van der Waals surface area contributed by atoms with Gasteiger partial charge in [0.05, 0.1) is 11.9 Å². The lowest BCUT2D eigenvalue weighted by Gasteiger charge is -2.16. The summed E-state index contributed by atoms with van der Waals surface area (Å²) in [5.74, 6) is -0.614. The van der Waals surface area contributed by atoms with Crippen molar-refractivity contribution in [3.8, 4) is 5.75 Å². The summed E-state index contributed by atoms with van der Waals surface area (Å²) in [6.07, 6.45) is 1.99. The van der Waals surface area contributed by atoms with Crippen LogP contribution in [-0.2, 0) is 34.6 Å². The lowest BCUT2D eigenvalue weighted by Crippen LogP contribution is -2.40. The Hall–Kier alpha value is -3.09. The van der Waals surface area contributed by atoms with Gasteiger partial charge >= 0.3 is 5.97 Å². The summed E-state index contributed by atoms with van der Waals surface area (Å²) in [6.45, 7) is 3.34. The lowest BCUT2D eigenvalue weighted by atomic mass is 10.2. The van der Waals surface area contributed by atoms with Crippen LogP contribution in [-0.4, -0.2) is 22.5 Å². The van der Waals surface area contributed by atoms with Gasteiger partial charge in [0.15, 0.2) is 5.75 Å². The zero-order valence-electron chi connectivity index (χ0n) is 15.7. The predicted octanol–water partition coefficient (Wildman–Crippen LogP) is 1.92. The van der Waals surface area contributed by atoms with Crippen molar-refractivity contribution in [3.05, 3.63) is 64.1 Å². The molecule has 0 saturated heterocycles. The Labute approximate surface area is 157 Å². The van der Waals surface area contributed by atoms with Crippen LogP contribution in [0.25, 0.3) is 0 Å². The van der Waals surface area contributed by atoms with Crippen molar-refractivity contribution < 1.29 is 19.1 Å². The first-order valence-corrected chi connectivity index (χ1v) is 8.70. The second kappa shape index (κ2) is 9.56. The Morgan fingerprint density at radius 2 is 1.89 bits per heavy atom. The molecule has 1 amide bonds. The maximum absolute atomic E-state index is 12.3. The van der Waals surface area contributed by atoms with E-state index in [1.807, 2.05) is 30.3 Å². The van der Waals surface area contributed by atoms with Crippen LogP contribution in [0, 0.1) is 0 Å². The standard InChI is InChI=1S/C20H24N2O5/c1-4-17(21-14(2)23)20(25)27-13-16-10-18(24)19(11-22(16)3)26-12-15-8-6-5-7-9-15/h5-11,17H,4,12-13H2,1-3H3,(H,21,23). The highest BCUT2D eigenvalue weighted by Crippen LogP contribution is 2.10. The van der Waals surface area contributed by atoms with Crippen molar-refractivity contribution >= 4 is 11.9 Å². The second-order valence-corrected chi connectivity index (χ2v) is 6.15. The van der Waals surface area contributed by atoms with E-state index < -0.39 is 12.0 Å². The van der Waals surface area contributed by atoms with Crippen LogP contribution < -0.4 is 15.5 Å². The van der Waals surface area contributed by atoms with E-state index in [0.717, 1.165) is 5.56 Å². The van der Waals surface area contributed by atoms with E-state index in [4.69, 9.17) is 9.47 Å². The minimum Gasteiger partial charge on any atom is -0.483 e. The van der Waals surface area contributed by atoms with Gasteiger partial charge in [-0.1, -0.05) is 37.3 Å². The molecule has 0 spiro atoms. The third-order valence-corrected chi connectivity index (χ3v) is 3.97. The highest BCUT2D eigenvalue weighted by Gasteiger charge is 2.19. The average molecular weight is 372 g/mol. The minimum atomic E-state index is -0.701. The summed E-state index contributed by atoms with van der Waals surface area (Å²) in [7, 11) is 1.74. The van der Waals surface area contributed by atoms with Gasteiger partial charge in [0.25, 0.3) is 0 Å². The largest absolute Gasteiger partial charge is 0.483 e. The van der Waals surface area contributed by atoms with Crippen LogP contribution >= 0.6 is 0 Å². The number of carbonyl (C=O) groups is 2. The number of amides is 1. The number of hydrogen-bond donors (Lipinski definition) is 1. The van der Waals surface area contributed by atoms with Crippen molar-refractivity contribution in [3.63, 3.8) is 0 Å². The molecule has 1 unspecified atom stereocenters. The number of hydrogen-bond acceptors (Lipinski definition) is 5. The van der Waals surface area contributed by atoms with E-state index in [1.54, 1.807) is 24.7 Å². The number of nitrogens with one attached hydrogen (secondary N) is 1. The normalized spacial score (nSPS) is 11.5. The van der Waals surface area contributed by atoms with Gasteiger partial charge in [0.1, 0.15) is 19.3 Å². The molecule has 0 radical (unpaired) electrons. The zero-order valence-corrected chi connectivity index (χ0v) is 15.7.